The normalized spacial score (nSPS) is 22.5. The average molecular weight is 449 g/mol. The molecule has 3 aromatic heterocycles. The number of pyridine rings is 1. The number of thiazole rings is 1. The fourth-order valence-electron chi connectivity index (χ4n) is 5.01. The second-order valence-electron chi connectivity index (χ2n) is 8.65. The lowest BCUT2D eigenvalue weighted by Gasteiger charge is -2.44. The van der Waals surface area contributed by atoms with Crippen LogP contribution in [-0.2, 0) is 11.3 Å². The summed E-state index contributed by atoms with van der Waals surface area (Å²) in [5.74, 6) is 2.38. The van der Waals surface area contributed by atoms with E-state index < -0.39 is 0 Å². The van der Waals surface area contributed by atoms with Crippen LogP contribution in [-0.4, -0.2) is 33.9 Å². The number of carbonyl (C=O) groups is 1. The second-order valence-corrected chi connectivity index (χ2v) is 9.64. The fourth-order valence-corrected chi connectivity index (χ4v) is 5.80. The van der Waals surface area contributed by atoms with Crippen molar-refractivity contribution in [1.29, 1.82) is 0 Å². The number of nitrogens with zero attached hydrogens (tertiary/aromatic N) is 3. The maximum Gasteiger partial charge on any atom is 0.281 e. The Morgan fingerprint density at radius 2 is 2.19 bits per heavy atom. The van der Waals surface area contributed by atoms with Gasteiger partial charge in [-0.1, -0.05) is 11.3 Å². The van der Waals surface area contributed by atoms with Crippen LogP contribution in [0.15, 0.2) is 40.9 Å². The first-order valence-corrected chi connectivity index (χ1v) is 11.9. The van der Waals surface area contributed by atoms with E-state index in [0.717, 1.165) is 52.4 Å². The van der Waals surface area contributed by atoms with E-state index in [1.165, 1.54) is 24.2 Å². The molecule has 1 N–H and O–H groups in total. The van der Waals surface area contributed by atoms with Crippen molar-refractivity contribution in [1.82, 2.24) is 20.2 Å². The first-order chi connectivity index (χ1) is 15.6. The molecule has 0 spiro atoms. The highest BCUT2D eigenvalue weighted by molar-refractivity contribution is 7.20. The van der Waals surface area contributed by atoms with E-state index in [9.17, 15) is 4.79 Å². The summed E-state index contributed by atoms with van der Waals surface area (Å²) in [4.78, 5) is 22.9. The quantitative estimate of drug-likeness (QED) is 0.462. The first kappa shape index (κ1) is 19.7. The van der Waals surface area contributed by atoms with Gasteiger partial charge >= 0.3 is 0 Å². The Morgan fingerprint density at radius 1 is 1.31 bits per heavy atom. The molecule has 1 unspecified atom stereocenters. The van der Waals surface area contributed by atoms with E-state index in [4.69, 9.17) is 9.15 Å². The minimum Gasteiger partial charge on any atom is -0.459 e. The molecule has 7 rings (SSSR count). The lowest BCUT2D eigenvalue weighted by Crippen LogP contribution is -2.43. The molecule has 164 valence electrons. The largest absolute Gasteiger partial charge is 0.459 e. The molecule has 1 amide bonds. The van der Waals surface area contributed by atoms with Gasteiger partial charge in [0.25, 0.3) is 5.19 Å². The number of ether oxygens (including phenoxy) is 1. The summed E-state index contributed by atoms with van der Waals surface area (Å²) in [6, 6.07) is 10.0. The van der Waals surface area contributed by atoms with E-state index in [-0.39, 0.29) is 11.9 Å². The lowest BCUT2D eigenvalue weighted by molar-refractivity contribution is -0.119. The highest BCUT2D eigenvalue weighted by Crippen LogP contribution is 2.44. The van der Waals surface area contributed by atoms with E-state index in [1.807, 2.05) is 30.3 Å². The van der Waals surface area contributed by atoms with Gasteiger partial charge in [0.15, 0.2) is 5.65 Å². The Kier molecular flexibility index (Phi) is 4.84. The van der Waals surface area contributed by atoms with Crippen LogP contribution in [0.1, 0.15) is 43.6 Å². The molecule has 1 atom stereocenters. The van der Waals surface area contributed by atoms with Crippen LogP contribution in [0.2, 0.25) is 0 Å². The molecule has 32 heavy (non-hydrogen) atoms. The highest BCUT2D eigenvalue weighted by atomic mass is 32.1. The number of nitrogens with one attached hydrogen (secondary N) is 1. The molecule has 1 aromatic carbocycles. The summed E-state index contributed by atoms with van der Waals surface area (Å²) in [7, 11) is 0. The average Bonchev–Trinajstić information content (AvgIpc) is 3.38. The predicted octanol–water partition coefficient (Wildman–Crippen LogP) is 5.02. The lowest BCUT2D eigenvalue weighted by atomic mass is 9.81. The number of aromatic nitrogens is 2. The number of hydrogen-bond donors (Lipinski definition) is 1. The third kappa shape index (κ3) is 3.53. The van der Waals surface area contributed by atoms with Crippen LogP contribution < -0.4 is 10.1 Å². The Hall–Kier alpha value is -2.97. The summed E-state index contributed by atoms with van der Waals surface area (Å²) in [5.41, 5.74) is 2.54. The number of piperidine rings is 3. The van der Waals surface area contributed by atoms with Crippen LogP contribution in [0.3, 0.4) is 0 Å². The van der Waals surface area contributed by atoms with E-state index in [1.54, 1.807) is 13.1 Å². The van der Waals surface area contributed by atoms with Gasteiger partial charge < -0.3 is 14.5 Å². The zero-order chi connectivity index (χ0) is 21.7. The summed E-state index contributed by atoms with van der Waals surface area (Å²) in [5, 5.41) is 4.55. The third-order valence-corrected chi connectivity index (χ3v) is 7.50. The Labute approximate surface area is 189 Å². The maximum absolute atomic E-state index is 11.6. The van der Waals surface area contributed by atoms with Crippen molar-refractivity contribution in [3.05, 3.63) is 47.9 Å². The molecular weight excluding hydrogens is 424 g/mol. The van der Waals surface area contributed by atoms with Crippen LogP contribution >= 0.6 is 11.3 Å². The number of rotatable bonds is 5. The van der Waals surface area contributed by atoms with Gasteiger partial charge in [-0.15, -0.1) is 0 Å². The highest BCUT2D eigenvalue weighted by Gasteiger charge is 2.37. The first-order valence-electron chi connectivity index (χ1n) is 11.1. The molecule has 3 saturated heterocycles. The molecular formula is C24H24N4O3S. The standard InChI is InChI=1S/C24H24N4O3S/c1-14(29)26-13-18-17-5-4-16(30-24-27-23-21(32-24)3-2-8-25-23)12-20(17)31-22(18)19-11-15-6-9-28(19)10-7-15/h2-5,8,12,15,19H,6-7,9-11,13H2,1H3,(H,26,29). The van der Waals surface area contributed by atoms with Crippen LogP contribution in [0.4, 0.5) is 0 Å². The SMILES string of the molecule is CC(=O)NCc1c(C2CC3CCN2CC3)oc2cc(Oc3nc4ncccc4s3)ccc12. The molecule has 0 aliphatic carbocycles. The Morgan fingerprint density at radius 3 is 2.94 bits per heavy atom. The van der Waals surface area contributed by atoms with Crippen molar-refractivity contribution in [2.75, 3.05) is 13.1 Å². The van der Waals surface area contributed by atoms with Crippen molar-refractivity contribution < 1.29 is 13.9 Å². The van der Waals surface area contributed by atoms with Gasteiger partial charge in [-0.05, 0) is 62.5 Å². The molecule has 3 aliphatic heterocycles. The number of hydrogen-bond acceptors (Lipinski definition) is 7. The van der Waals surface area contributed by atoms with Crippen LogP contribution in [0.25, 0.3) is 21.3 Å². The zero-order valence-electron chi connectivity index (χ0n) is 17.8. The van der Waals surface area contributed by atoms with Crippen molar-refractivity contribution in [2.45, 2.75) is 38.8 Å². The number of fused-ring (bicyclic) bond motifs is 5. The smallest absolute Gasteiger partial charge is 0.281 e. The topological polar surface area (TPSA) is 80.5 Å². The molecule has 7 nitrogen and oxygen atoms in total. The molecule has 0 radical (unpaired) electrons. The van der Waals surface area contributed by atoms with Crippen LogP contribution in [0, 0.1) is 5.92 Å². The van der Waals surface area contributed by atoms with Gasteiger partial charge in [-0.3, -0.25) is 9.69 Å². The summed E-state index contributed by atoms with van der Waals surface area (Å²) in [6.45, 7) is 4.25. The van der Waals surface area contributed by atoms with Crippen molar-refractivity contribution in [3.8, 4) is 10.9 Å². The van der Waals surface area contributed by atoms with Gasteiger partial charge in [-0.2, -0.15) is 4.98 Å². The van der Waals surface area contributed by atoms with Crippen LogP contribution in [0.5, 0.6) is 10.9 Å². The molecule has 6 heterocycles. The zero-order valence-corrected chi connectivity index (χ0v) is 18.7. The van der Waals surface area contributed by atoms with Crippen molar-refractivity contribution in [3.63, 3.8) is 0 Å². The summed E-state index contributed by atoms with van der Waals surface area (Å²) >= 11 is 1.47. The fraction of sp³-hybridized carbons (Fsp3) is 0.375. The van der Waals surface area contributed by atoms with Gasteiger partial charge in [0.1, 0.15) is 17.1 Å². The van der Waals surface area contributed by atoms with E-state index >= 15 is 0 Å². The Bertz CT molecular complexity index is 1270. The minimum absolute atomic E-state index is 0.0415. The number of furan rings is 1. The molecule has 3 fully saturated rings. The molecule has 4 aromatic rings. The molecule has 2 bridgehead atoms. The minimum atomic E-state index is -0.0415. The number of amides is 1. The maximum atomic E-state index is 11.6. The summed E-state index contributed by atoms with van der Waals surface area (Å²) in [6.07, 6.45) is 5.39. The Balaban J connectivity index is 1.36. The third-order valence-electron chi connectivity index (χ3n) is 6.61. The van der Waals surface area contributed by atoms with Gasteiger partial charge in [0.2, 0.25) is 5.91 Å². The van der Waals surface area contributed by atoms with Crippen molar-refractivity contribution in [2.24, 2.45) is 5.92 Å². The monoisotopic (exact) mass is 448 g/mol. The van der Waals surface area contributed by atoms with Gasteiger partial charge in [0.05, 0.1) is 10.7 Å². The molecule has 8 heteroatoms. The van der Waals surface area contributed by atoms with Crippen molar-refractivity contribution >= 4 is 38.6 Å². The van der Waals surface area contributed by atoms with E-state index in [2.05, 4.69) is 20.2 Å². The summed E-state index contributed by atoms with van der Waals surface area (Å²) < 4.78 is 13.5. The number of benzene rings is 1. The number of carbonyl (C=O) groups excluding carboxylic acids is 1. The second kappa shape index (κ2) is 7.86. The molecule has 0 saturated carbocycles. The van der Waals surface area contributed by atoms with Gasteiger partial charge in [-0.25, -0.2) is 4.98 Å². The van der Waals surface area contributed by atoms with E-state index in [0.29, 0.717) is 23.1 Å². The predicted molar refractivity (Wildman–Crippen MR) is 123 cm³/mol. The molecule has 3 aliphatic rings. The van der Waals surface area contributed by atoms with Gasteiger partial charge in [0, 0.05) is 36.7 Å².